The molecule has 0 spiro atoms. The number of nitrogens with one attached hydrogen (secondary N) is 1. The van der Waals surface area contributed by atoms with Gasteiger partial charge in [-0.3, -0.25) is 0 Å². The summed E-state index contributed by atoms with van der Waals surface area (Å²) >= 11 is 0. The van der Waals surface area contributed by atoms with Gasteiger partial charge < -0.3 is 15.2 Å². The molecule has 0 saturated heterocycles. The van der Waals surface area contributed by atoms with E-state index in [2.05, 4.69) is 12.2 Å². The zero-order chi connectivity index (χ0) is 12.8. The van der Waals surface area contributed by atoms with Crippen LogP contribution in [0.15, 0.2) is 12.1 Å². The van der Waals surface area contributed by atoms with Gasteiger partial charge in [-0.15, -0.1) is 0 Å². The predicted octanol–water partition coefficient (Wildman–Crippen LogP) is 2.35. The number of aryl methyl sites for hydroxylation is 2. The van der Waals surface area contributed by atoms with Gasteiger partial charge in [0.05, 0.1) is 13.2 Å². The Labute approximate surface area is 104 Å². The molecule has 1 atom stereocenters. The first-order chi connectivity index (χ1) is 8.10. The van der Waals surface area contributed by atoms with E-state index in [0.29, 0.717) is 0 Å². The summed E-state index contributed by atoms with van der Waals surface area (Å²) in [4.78, 5) is 0. The Hall–Kier alpha value is -1.06. The maximum atomic E-state index is 10.1. The number of rotatable bonds is 6. The first-order valence-electron chi connectivity index (χ1n) is 6.14. The van der Waals surface area contributed by atoms with Crippen LogP contribution < -0.4 is 10.1 Å². The fraction of sp³-hybridized carbons (Fsp3) is 0.571. The third-order valence-corrected chi connectivity index (χ3v) is 2.99. The van der Waals surface area contributed by atoms with Crippen LogP contribution in [0, 0.1) is 13.8 Å². The van der Waals surface area contributed by atoms with Gasteiger partial charge >= 0.3 is 0 Å². The predicted molar refractivity (Wildman–Crippen MR) is 70.6 cm³/mol. The standard InChI is InChI=1S/C14H23NO2/c1-5-15-7-6-13(16)12-8-11(3)14(17-4)9-10(12)2/h8-9,13,15-16H,5-7H2,1-4H3. The molecule has 1 aromatic rings. The maximum absolute atomic E-state index is 10.1. The van der Waals surface area contributed by atoms with Crippen molar-refractivity contribution in [2.24, 2.45) is 0 Å². The molecule has 0 amide bonds. The summed E-state index contributed by atoms with van der Waals surface area (Å²) < 4.78 is 5.27. The Morgan fingerprint density at radius 2 is 2.00 bits per heavy atom. The summed E-state index contributed by atoms with van der Waals surface area (Å²) in [5.74, 6) is 0.880. The molecule has 0 fully saturated rings. The first kappa shape index (κ1) is 14.0. The van der Waals surface area contributed by atoms with Crippen molar-refractivity contribution in [2.75, 3.05) is 20.2 Å². The number of aliphatic hydroxyl groups excluding tert-OH is 1. The van der Waals surface area contributed by atoms with E-state index in [1.54, 1.807) is 7.11 Å². The van der Waals surface area contributed by atoms with E-state index in [1.807, 2.05) is 26.0 Å². The second kappa shape index (κ2) is 6.62. The number of benzene rings is 1. The quantitative estimate of drug-likeness (QED) is 0.746. The summed E-state index contributed by atoms with van der Waals surface area (Å²) in [6, 6.07) is 4.01. The van der Waals surface area contributed by atoms with Crippen molar-refractivity contribution < 1.29 is 9.84 Å². The van der Waals surface area contributed by atoms with Crippen LogP contribution in [0.3, 0.4) is 0 Å². The summed E-state index contributed by atoms with van der Waals surface area (Å²) in [7, 11) is 1.67. The molecular formula is C14H23NO2. The van der Waals surface area contributed by atoms with Crippen molar-refractivity contribution >= 4 is 0 Å². The van der Waals surface area contributed by atoms with Crippen LogP contribution >= 0.6 is 0 Å². The second-order valence-electron chi connectivity index (χ2n) is 4.34. The SMILES string of the molecule is CCNCCC(O)c1cc(C)c(OC)cc1C. The first-order valence-corrected chi connectivity index (χ1v) is 6.14. The molecule has 2 N–H and O–H groups in total. The molecule has 0 aliphatic heterocycles. The van der Waals surface area contributed by atoms with Gasteiger partial charge in [0.1, 0.15) is 5.75 Å². The lowest BCUT2D eigenvalue weighted by atomic mass is 9.98. The molecule has 0 bridgehead atoms. The minimum Gasteiger partial charge on any atom is -0.496 e. The van der Waals surface area contributed by atoms with Crippen LogP contribution in [0.2, 0.25) is 0 Å². The van der Waals surface area contributed by atoms with Crippen molar-refractivity contribution in [3.05, 3.63) is 28.8 Å². The van der Waals surface area contributed by atoms with Crippen molar-refractivity contribution in [1.29, 1.82) is 0 Å². The fourth-order valence-electron chi connectivity index (χ4n) is 1.96. The summed E-state index contributed by atoms with van der Waals surface area (Å²) in [6.07, 6.45) is 0.333. The van der Waals surface area contributed by atoms with Crippen molar-refractivity contribution in [1.82, 2.24) is 5.32 Å². The minimum atomic E-state index is -0.404. The number of hydrogen-bond donors (Lipinski definition) is 2. The highest BCUT2D eigenvalue weighted by Crippen LogP contribution is 2.27. The molecule has 1 unspecified atom stereocenters. The molecule has 1 aromatic carbocycles. The summed E-state index contributed by atoms with van der Waals surface area (Å²) in [6.45, 7) is 7.84. The molecule has 17 heavy (non-hydrogen) atoms. The Kier molecular flexibility index (Phi) is 5.45. The van der Waals surface area contributed by atoms with E-state index in [1.165, 1.54) is 0 Å². The molecule has 0 aliphatic carbocycles. The van der Waals surface area contributed by atoms with E-state index in [-0.39, 0.29) is 0 Å². The van der Waals surface area contributed by atoms with Crippen molar-refractivity contribution in [3.8, 4) is 5.75 Å². The lowest BCUT2D eigenvalue weighted by Crippen LogP contribution is -2.17. The molecule has 0 heterocycles. The summed E-state index contributed by atoms with van der Waals surface area (Å²) in [5.41, 5.74) is 3.15. The molecule has 1 rings (SSSR count). The molecule has 3 heteroatoms. The van der Waals surface area contributed by atoms with Crippen molar-refractivity contribution in [2.45, 2.75) is 33.3 Å². The topological polar surface area (TPSA) is 41.5 Å². The van der Waals surface area contributed by atoms with Crippen LogP contribution in [0.4, 0.5) is 0 Å². The number of methoxy groups -OCH3 is 1. The van der Waals surface area contributed by atoms with E-state index < -0.39 is 6.10 Å². The Morgan fingerprint density at radius 1 is 1.29 bits per heavy atom. The van der Waals surface area contributed by atoms with E-state index in [4.69, 9.17) is 4.74 Å². The highest BCUT2D eigenvalue weighted by molar-refractivity contribution is 5.42. The minimum absolute atomic E-state index is 0.404. The number of hydrogen-bond acceptors (Lipinski definition) is 3. The van der Waals surface area contributed by atoms with Crippen LogP contribution in [0.25, 0.3) is 0 Å². The fourth-order valence-corrected chi connectivity index (χ4v) is 1.96. The normalized spacial score (nSPS) is 12.5. The maximum Gasteiger partial charge on any atom is 0.122 e. The Bertz CT molecular complexity index is 363. The van der Waals surface area contributed by atoms with Crippen LogP contribution in [-0.2, 0) is 0 Å². The molecule has 96 valence electrons. The average Bonchev–Trinajstić information content (AvgIpc) is 2.31. The van der Waals surface area contributed by atoms with Gasteiger partial charge in [-0.2, -0.15) is 0 Å². The van der Waals surface area contributed by atoms with Crippen molar-refractivity contribution in [3.63, 3.8) is 0 Å². The Morgan fingerprint density at radius 3 is 2.59 bits per heavy atom. The third-order valence-electron chi connectivity index (χ3n) is 2.99. The highest BCUT2D eigenvalue weighted by Gasteiger charge is 2.12. The number of ether oxygens (including phenoxy) is 1. The largest absolute Gasteiger partial charge is 0.496 e. The van der Waals surface area contributed by atoms with Crippen LogP contribution in [-0.4, -0.2) is 25.3 Å². The van der Waals surface area contributed by atoms with Gasteiger partial charge in [0, 0.05) is 0 Å². The van der Waals surface area contributed by atoms with E-state index in [0.717, 1.165) is 42.0 Å². The molecule has 0 aliphatic rings. The molecule has 0 aromatic heterocycles. The number of aliphatic hydroxyl groups is 1. The summed E-state index contributed by atoms with van der Waals surface area (Å²) in [5, 5.41) is 13.4. The average molecular weight is 237 g/mol. The smallest absolute Gasteiger partial charge is 0.122 e. The third kappa shape index (κ3) is 3.72. The van der Waals surface area contributed by atoms with Gasteiger partial charge in [0.25, 0.3) is 0 Å². The molecular weight excluding hydrogens is 214 g/mol. The zero-order valence-corrected chi connectivity index (χ0v) is 11.2. The lowest BCUT2D eigenvalue weighted by molar-refractivity contribution is 0.166. The zero-order valence-electron chi connectivity index (χ0n) is 11.2. The Balaban J connectivity index is 2.79. The van der Waals surface area contributed by atoms with Gasteiger partial charge in [0.2, 0.25) is 0 Å². The highest BCUT2D eigenvalue weighted by atomic mass is 16.5. The van der Waals surface area contributed by atoms with Gasteiger partial charge in [0.15, 0.2) is 0 Å². The molecule has 0 radical (unpaired) electrons. The molecule has 0 saturated carbocycles. The van der Waals surface area contributed by atoms with E-state index in [9.17, 15) is 5.11 Å². The van der Waals surface area contributed by atoms with E-state index >= 15 is 0 Å². The van der Waals surface area contributed by atoms with Gasteiger partial charge in [-0.25, -0.2) is 0 Å². The van der Waals surface area contributed by atoms with Crippen LogP contribution in [0.5, 0.6) is 5.75 Å². The lowest BCUT2D eigenvalue weighted by Gasteiger charge is -2.16. The van der Waals surface area contributed by atoms with Crippen LogP contribution in [0.1, 0.15) is 36.1 Å². The monoisotopic (exact) mass is 237 g/mol. The van der Waals surface area contributed by atoms with Gasteiger partial charge in [-0.05, 0) is 62.2 Å². The molecule has 3 nitrogen and oxygen atoms in total. The second-order valence-corrected chi connectivity index (χ2v) is 4.34. The van der Waals surface area contributed by atoms with Gasteiger partial charge in [-0.1, -0.05) is 6.92 Å².